The summed E-state index contributed by atoms with van der Waals surface area (Å²) in [6, 6.07) is 4.25. The molecule has 0 aromatic heterocycles. The van der Waals surface area contributed by atoms with Crippen LogP contribution in [0.1, 0.15) is 21.5 Å². The molecule has 1 aromatic rings. The van der Waals surface area contributed by atoms with Crippen LogP contribution in [0, 0.1) is 18.3 Å². The molecule has 0 amide bonds. The van der Waals surface area contributed by atoms with Crippen LogP contribution < -0.4 is 4.74 Å². The number of rotatable bonds is 3. The summed E-state index contributed by atoms with van der Waals surface area (Å²) in [6.45, 7) is -1.50. The highest BCUT2D eigenvalue weighted by Gasteiger charge is 2.11. The molecule has 0 bridgehead atoms. The third-order valence-electron chi connectivity index (χ3n) is 1.87. The molecule has 0 spiro atoms. The van der Waals surface area contributed by atoms with Crippen LogP contribution in [0.3, 0.4) is 0 Å². The van der Waals surface area contributed by atoms with Gasteiger partial charge < -0.3 is 4.74 Å². The van der Waals surface area contributed by atoms with Gasteiger partial charge in [-0.05, 0) is 19.1 Å². The minimum atomic E-state index is -2.97. The number of aldehydes is 1. The maximum atomic E-state index is 12.0. The zero-order valence-electron chi connectivity index (χ0n) is 7.83. The van der Waals surface area contributed by atoms with Crippen molar-refractivity contribution in [2.24, 2.45) is 0 Å². The minimum Gasteiger partial charge on any atom is -0.434 e. The fraction of sp³-hybridized carbons (Fsp3) is 0.200. The molecule has 0 N–H and O–H groups in total. The maximum Gasteiger partial charge on any atom is 0.387 e. The second-order valence-electron chi connectivity index (χ2n) is 2.80. The Morgan fingerprint density at radius 3 is 2.67 bits per heavy atom. The van der Waals surface area contributed by atoms with Gasteiger partial charge in [0.25, 0.3) is 0 Å². The first-order chi connectivity index (χ1) is 7.08. The van der Waals surface area contributed by atoms with Gasteiger partial charge in [0.1, 0.15) is 12.0 Å². The Morgan fingerprint density at radius 1 is 1.53 bits per heavy atom. The molecule has 1 aromatic carbocycles. The summed E-state index contributed by atoms with van der Waals surface area (Å²) in [5, 5.41) is 8.60. The second kappa shape index (κ2) is 4.51. The standard InChI is InChI=1S/C10H7F2NO2/c1-6-8(5-14)2-7(4-13)3-9(6)15-10(11)12/h2-3,5,10H,1H3. The number of ether oxygens (including phenoxy) is 1. The lowest BCUT2D eigenvalue weighted by Gasteiger charge is -2.09. The number of hydrogen-bond acceptors (Lipinski definition) is 3. The first-order valence-corrected chi connectivity index (χ1v) is 4.03. The molecule has 0 aliphatic heterocycles. The molecule has 0 radical (unpaired) electrons. The van der Waals surface area contributed by atoms with Crippen molar-refractivity contribution >= 4 is 6.29 Å². The third kappa shape index (κ3) is 2.50. The fourth-order valence-corrected chi connectivity index (χ4v) is 1.11. The average Bonchev–Trinajstić information content (AvgIpc) is 2.20. The van der Waals surface area contributed by atoms with E-state index in [0.29, 0.717) is 11.8 Å². The summed E-state index contributed by atoms with van der Waals surface area (Å²) in [5.41, 5.74) is 0.576. The SMILES string of the molecule is Cc1c(C=O)cc(C#N)cc1OC(F)F. The van der Waals surface area contributed by atoms with Gasteiger partial charge in [-0.1, -0.05) is 0 Å². The topological polar surface area (TPSA) is 50.1 Å². The van der Waals surface area contributed by atoms with E-state index in [9.17, 15) is 13.6 Å². The molecule has 78 valence electrons. The van der Waals surface area contributed by atoms with Crippen molar-refractivity contribution in [1.29, 1.82) is 5.26 Å². The van der Waals surface area contributed by atoms with Crippen LogP contribution in [0.5, 0.6) is 5.75 Å². The molecule has 0 aliphatic carbocycles. The Bertz CT molecular complexity index is 424. The van der Waals surface area contributed by atoms with E-state index in [2.05, 4.69) is 4.74 Å². The molecule has 0 saturated carbocycles. The van der Waals surface area contributed by atoms with Crippen molar-refractivity contribution in [2.75, 3.05) is 0 Å². The van der Waals surface area contributed by atoms with E-state index in [1.54, 1.807) is 6.07 Å². The second-order valence-corrected chi connectivity index (χ2v) is 2.80. The summed E-state index contributed by atoms with van der Waals surface area (Å²) in [7, 11) is 0. The Kier molecular flexibility index (Phi) is 3.34. The van der Waals surface area contributed by atoms with E-state index in [4.69, 9.17) is 5.26 Å². The lowest BCUT2D eigenvalue weighted by Crippen LogP contribution is -2.05. The molecule has 5 heteroatoms. The van der Waals surface area contributed by atoms with Gasteiger partial charge in [0, 0.05) is 11.1 Å². The summed E-state index contributed by atoms with van der Waals surface area (Å²) >= 11 is 0. The number of nitrogens with zero attached hydrogens (tertiary/aromatic N) is 1. The number of hydrogen-bond donors (Lipinski definition) is 0. The highest BCUT2D eigenvalue weighted by Crippen LogP contribution is 2.24. The zero-order chi connectivity index (χ0) is 11.4. The van der Waals surface area contributed by atoms with E-state index in [1.807, 2.05) is 0 Å². The molecule has 0 saturated heterocycles. The van der Waals surface area contributed by atoms with E-state index in [-0.39, 0.29) is 16.9 Å². The largest absolute Gasteiger partial charge is 0.434 e. The van der Waals surface area contributed by atoms with Crippen molar-refractivity contribution in [1.82, 2.24) is 0 Å². The lowest BCUT2D eigenvalue weighted by atomic mass is 10.1. The molecule has 1 rings (SSSR count). The number of halogens is 2. The highest BCUT2D eigenvalue weighted by atomic mass is 19.3. The number of nitriles is 1. The Balaban J connectivity index is 3.25. The van der Waals surface area contributed by atoms with Gasteiger partial charge in [-0.25, -0.2) is 0 Å². The Labute approximate surface area is 84.9 Å². The first kappa shape index (κ1) is 11.1. The smallest absolute Gasteiger partial charge is 0.387 e. The lowest BCUT2D eigenvalue weighted by molar-refractivity contribution is -0.0503. The maximum absolute atomic E-state index is 12.0. The van der Waals surface area contributed by atoms with Crippen LogP contribution in [0.4, 0.5) is 8.78 Å². The number of carbonyl (C=O) groups excluding carboxylic acids is 1. The van der Waals surface area contributed by atoms with E-state index < -0.39 is 6.61 Å². The van der Waals surface area contributed by atoms with Gasteiger partial charge in [0.2, 0.25) is 0 Å². The third-order valence-corrected chi connectivity index (χ3v) is 1.87. The predicted octanol–water partition coefficient (Wildman–Crippen LogP) is 2.28. The Morgan fingerprint density at radius 2 is 2.20 bits per heavy atom. The van der Waals surface area contributed by atoms with Crippen LogP contribution in [0.25, 0.3) is 0 Å². The van der Waals surface area contributed by atoms with Crippen molar-refractivity contribution in [3.8, 4) is 11.8 Å². The normalized spacial score (nSPS) is 9.80. The Hall–Kier alpha value is -1.96. The highest BCUT2D eigenvalue weighted by molar-refractivity contribution is 5.79. The van der Waals surface area contributed by atoms with Crippen molar-refractivity contribution in [2.45, 2.75) is 13.5 Å². The van der Waals surface area contributed by atoms with Gasteiger partial charge in [-0.3, -0.25) is 4.79 Å². The number of carbonyl (C=O) groups is 1. The van der Waals surface area contributed by atoms with Crippen LogP contribution in [0.2, 0.25) is 0 Å². The summed E-state index contributed by atoms with van der Waals surface area (Å²) in [4.78, 5) is 10.6. The molecule has 15 heavy (non-hydrogen) atoms. The van der Waals surface area contributed by atoms with Crippen molar-refractivity contribution < 1.29 is 18.3 Å². The molecule has 0 heterocycles. The molecular formula is C10H7F2NO2. The zero-order valence-corrected chi connectivity index (χ0v) is 7.83. The van der Waals surface area contributed by atoms with E-state index in [1.165, 1.54) is 19.1 Å². The van der Waals surface area contributed by atoms with Gasteiger partial charge in [-0.15, -0.1) is 0 Å². The van der Waals surface area contributed by atoms with E-state index in [0.717, 1.165) is 0 Å². The molecular weight excluding hydrogens is 204 g/mol. The summed E-state index contributed by atoms with van der Waals surface area (Å²) in [6.07, 6.45) is 0.495. The van der Waals surface area contributed by atoms with Crippen LogP contribution in [-0.4, -0.2) is 12.9 Å². The van der Waals surface area contributed by atoms with Crippen LogP contribution in [-0.2, 0) is 0 Å². The minimum absolute atomic E-state index is 0.110. The monoisotopic (exact) mass is 211 g/mol. The number of benzene rings is 1. The molecule has 3 nitrogen and oxygen atoms in total. The predicted molar refractivity (Wildman–Crippen MR) is 47.9 cm³/mol. The molecule has 0 atom stereocenters. The van der Waals surface area contributed by atoms with Crippen molar-refractivity contribution in [3.05, 3.63) is 28.8 Å². The molecule has 0 fully saturated rings. The summed E-state index contributed by atoms with van der Waals surface area (Å²) < 4.78 is 28.1. The molecule has 0 unspecified atom stereocenters. The van der Waals surface area contributed by atoms with Crippen molar-refractivity contribution in [3.63, 3.8) is 0 Å². The summed E-state index contributed by atoms with van der Waals surface area (Å²) in [5.74, 6) is -0.147. The molecule has 0 aliphatic rings. The van der Waals surface area contributed by atoms with Gasteiger partial charge in [-0.2, -0.15) is 14.0 Å². The average molecular weight is 211 g/mol. The van der Waals surface area contributed by atoms with Crippen LogP contribution in [0.15, 0.2) is 12.1 Å². The quantitative estimate of drug-likeness (QED) is 0.720. The van der Waals surface area contributed by atoms with Gasteiger partial charge in [0.15, 0.2) is 0 Å². The van der Waals surface area contributed by atoms with Crippen LogP contribution >= 0.6 is 0 Å². The number of alkyl halides is 2. The first-order valence-electron chi connectivity index (χ1n) is 4.03. The van der Waals surface area contributed by atoms with Gasteiger partial charge >= 0.3 is 6.61 Å². The van der Waals surface area contributed by atoms with Gasteiger partial charge in [0.05, 0.1) is 11.6 Å². The fourth-order valence-electron chi connectivity index (χ4n) is 1.11. The van der Waals surface area contributed by atoms with E-state index >= 15 is 0 Å².